The van der Waals surface area contributed by atoms with Crippen molar-refractivity contribution >= 4 is 40.5 Å². The van der Waals surface area contributed by atoms with E-state index >= 15 is 0 Å². The first-order valence-corrected chi connectivity index (χ1v) is 13.2. The van der Waals surface area contributed by atoms with Crippen LogP contribution in [0, 0.1) is 10.1 Å². The molecule has 0 radical (unpaired) electrons. The van der Waals surface area contributed by atoms with Gasteiger partial charge in [-0.2, -0.15) is 11.8 Å². The number of carbonyl (C=O) groups excluding carboxylic acids is 2. The molecular weight excluding hydrogens is 472 g/mol. The van der Waals surface area contributed by atoms with Crippen LogP contribution in [0.15, 0.2) is 64.3 Å². The summed E-state index contributed by atoms with van der Waals surface area (Å²) in [6.45, 7) is 4.09. The van der Waals surface area contributed by atoms with Crippen LogP contribution in [-0.4, -0.2) is 34.8 Å². The van der Waals surface area contributed by atoms with Crippen molar-refractivity contribution in [3.63, 3.8) is 0 Å². The molecule has 2 aromatic rings. The molecular formula is C25H26N2O5S2. The number of allylic oxidation sites excluding steroid dienone is 3. The molecule has 1 aliphatic heterocycles. The van der Waals surface area contributed by atoms with E-state index in [4.69, 9.17) is 4.74 Å². The first kappa shape index (κ1) is 24.2. The van der Waals surface area contributed by atoms with Gasteiger partial charge in [0.25, 0.3) is 5.69 Å². The second-order valence-corrected chi connectivity index (χ2v) is 10.6. The highest BCUT2D eigenvalue weighted by Crippen LogP contribution is 2.46. The number of benzene rings is 1. The van der Waals surface area contributed by atoms with E-state index in [1.165, 1.54) is 12.1 Å². The molecule has 1 aromatic carbocycles. The van der Waals surface area contributed by atoms with Crippen molar-refractivity contribution in [2.45, 2.75) is 38.5 Å². The molecule has 7 nitrogen and oxygen atoms in total. The molecule has 178 valence electrons. The highest BCUT2D eigenvalue weighted by molar-refractivity contribution is 7.99. The van der Waals surface area contributed by atoms with Crippen LogP contribution in [0.5, 0.6) is 0 Å². The maximum absolute atomic E-state index is 13.5. The van der Waals surface area contributed by atoms with Crippen LogP contribution < -0.4 is 5.32 Å². The second-order valence-electron chi connectivity index (χ2n) is 8.22. The number of esters is 1. The van der Waals surface area contributed by atoms with Gasteiger partial charge in [-0.3, -0.25) is 14.9 Å². The smallest absolute Gasteiger partial charge is 0.336 e. The number of thiophene rings is 1. The number of hydrogen-bond acceptors (Lipinski definition) is 8. The van der Waals surface area contributed by atoms with E-state index in [-0.39, 0.29) is 24.0 Å². The van der Waals surface area contributed by atoms with E-state index in [2.05, 4.69) is 5.32 Å². The number of nitrogens with one attached hydrogen (secondary N) is 1. The van der Waals surface area contributed by atoms with Crippen molar-refractivity contribution < 1.29 is 19.2 Å². The fourth-order valence-corrected chi connectivity index (χ4v) is 5.92. The number of carbonyl (C=O) groups is 2. The number of Topliss-reactive ketones (excluding diaryl/α,β-unsaturated/α-hetero) is 1. The Hall–Kier alpha value is -2.91. The maximum atomic E-state index is 13.5. The van der Waals surface area contributed by atoms with Crippen molar-refractivity contribution in [1.82, 2.24) is 5.32 Å². The Kier molecular flexibility index (Phi) is 7.53. The number of dihydropyridines is 1. The molecule has 1 aliphatic carbocycles. The molecule has 1 N–H and O–H groups in total. The first-order valence-electron chi connectivity index (χ1n) is 11.2. The summed E-state index contributed by atoms with van der Waals surface area (Å²) in [6.07, 6.45) is 0.973. The Morgan fingerprint density at radius 2 is 2.12 bits per heavy atom. The van der Waals surface area contributed by atoms with Crippen molar-refractivity contribution in [1.29, 1.82) is 0 Å². The zero-order chi connectivity index (χ0) is 24.2. The molecule has 0 unspecified atom stereocenters. The van der Waals surface area contributed by atoms with Gasteiger partial charge in [0.1, 0.15) is 6.61 Å². The summed E-state index contributed by atoms with van der Waals surface area (Å²) in [4.78, 5) is 38.8. The molecule has 2 aliphatic rings. The monoisotopic (exact) mass is 498 g/mol. The summed E-state index contributed by atoms with van der Waals surface area (Å²) < 4.78 is 5.55. The minimum absolute atomic E-state index is 0.0528. The average Bonchev–Trinajstić information content (AvgIpc) is 3.36. The predicted molar refractivity (Wildman–Crippen MR) is 134 cm³/mol. The van der Waals surface area contributed by atoms with E-state index < -0.39 is 16.8 Å². The summed E-state index contributed by atoms with van der Waals surface area (Å²) >= 11 is 3.30. The molecule has 0 bridgehead atoms. The summed E-state index contributed by atoms with van der Waals surface area (Å²) in [5, 5.41) is 16.8. The van der Waals surface area contributed by atoms with Gasteiger partial charge in [-0.05, 0) is 36.1 Å². The fourth-order valence-electron chi connectivity index (χ4n) is 4.60. The summed E-state index contributed by atoms with van der Waals surface area (Å²) in [7, 11) is 0. The Balaban J connectivity index is 1.75. The molecule has 2 atom stereocenters. The molecule has 2 heterocycles. The zero-order valence-electron chi connectivity index (χ0n) is 19.0. The van der Waals surface area contributed by atoms with Gasteiger partial charge in [-0.25, -0.2) is 4.79 Å². The van der Waals surface area contributed by atoms with E-state index in [1.807, 2.05) is 24.4 Å². The minimum Gasteiger partial charge on any atom is -0.461 e. The number of nitrogens with zero attached hydrogens (tertiary/aromatic N) is 1. The molecule has 1 aromatic heterocycles. The molecule has 0 saturated carbocycles. The lowest BCUT2D eigenvalue weighted by Crippen LogP contribution is -2.36. The van der Waals surface area contributed by atoms with Crippen LogP contribution in [-0.2, 0) is 14.3 Å². The van der Waals surface area contributed by atoms with Crippen LogP contribution in [0.25, 0.3) is 0 Å². The summed E-state index contributed by atoms with van der Waals surface area (Å²) in [6, 6.07) is 10.2. The molecule has 9 heteroatoms. The number of hydrogen-bond donors (Lipinski definition) is 1. The molecule has 0 saturated heterocycles. The van der Waals surface area contributed by atoms with E-state index in [9.17, 15) is 19.7 Å². The SMILES string of the molecule is CCSCCOC(=O)C1=C(C)NC2=C(C(=O)C[C@@H](c3cccs3)C2)[C@H]1c1cccc([N+](=O)[O-])c1. The fraction of sp³-hybridized carbons (Fsp3) is 0.360. The number of nitro groups is 1. The van der Waals surface area contributed by atoms with Crippen molar-refractivity contribution in [2.75, 3.05) is 18.1 Å². The molecule has 0 spiro atoms. The van der Waals surface area contributed by atoms with Gasteiger partial charge in [-0.15, -0.1) is 11.3 Å². The number of nitro benzene ring substituents is 1. The number of ketones is 1. The van der Waals surface area contributed by atoms with Gasteiger partial charge in [-0.1, -0.05) is 25.1 Å². The number of rotatable bonds is 8. The Bertz CT molecular complexity index is 1170. The minimum atomic E-state index is -0.709. The quantitative estimate of drug-likeness (QED) is 0.228. The van der Waals surface area contributed by atoms with Crippen molar-refractivity contribution in [3.05, 3.63) is 84.9 Å². The maximum Gasteiger partial charge on any atom is 0.336 e. The predicted octanol–water partition coefficient (Wildman–Crippen LogP) is 5.31. The largest absolute Gasteiger partial charge is 0.461 e. The van der Waals surface area contributed by atoms with Crippen LogP contribution in [0.2, 0.25) is 0 Å². The van der Waals surface area contributed by atoms with Crippen LogP contribution in [0.4, 0.5) is 5.69 Å². The third kappa shape index (κ3) is 4.95. The average molecular weight is 499 g/mol. The van der Waals surface area contributed by atoms with E-state index in [0.29, 0.717) is 41.0 Å². The van der Waals surface area contributed by atoms with Crippen molar-refractivity contribution in [3.8, 4) is 0 Å². The van der Waals surface area contributed by atoms with Gasteiger partial charge in [0, 0.05) is 58.0 Å². The zero-order valence-corrected chi connectivity index (χ0v) is 20.7. The van der Waals surface area contributed by atoms with E-state index in [0.717, 1.165) is 16.3 Å². The van der Waals surface area contributed by atoms with Gasteiger partial charge in [0.15, 0.2) is 5.78 Å². The topological polar surface area (TPSA) is 98.5 Å². The number of non-ortho nitro benzene ring substituents is 1. The van der Waals surface area contributed by atoms with Gasteiger partial charge in [0.05, 0.1) is 10.5 Å². The molecule has 0 amide bonds. The number of thioether (sulfide) groups is 1. The molecule has 4 rings (SSSR count). The summed E-state index contributed by atoms with van der Waals surface area (Å²) in [5.74, 6) is 0.406. The third-order valence-electron chi connectivity index (χ3n) is 6.07. The summed E-state index contributed by atoms with van der Waals surface area (Å²) in [5.41, 5.74) is 2.70. The molecule has 0 fully saturated rings. The van der Waals surface area contributed by atoms with Crippen LogP contribution in [0.1, 0.15) is 49.0 Å². The Morgan fingerprint density at radius 1 is 1.29 bits per heavy atom. The van der Waals surface area contributed by atoms with E-state index in [1.54, 1.807) is 42.2 Å². The van der Waals surface area contributed by atoms with Crippen LogP contribution >= 0.6 is 23.1 Å². The van der Waals surface area contributed by atoms with Crippen molar-refractivity contribution in [2.24, 2.45) is 0 Å². The van der Waals surface area contributed by atoms with Gasteiger partial charge in [0.2, 0.25) is 0 Å². The first-order chi connectivity index (χ1) is 16.4. The van der Waals surface area contributed by atoms with Crippen LogP contribution in [0.3, 0.4) is 0 Å². The highest BCUT2D eigenvalue weighted by atomic mass is 32.2. The molecule has 34 heavy (non-hydrogen) atoms. The van der Waals surface area contributed by atoms with Gasteiger partial charge < -0.3 is 10.1 Å². The van der Waals surface area contributed by atoms with Gasteiger partial charge >= 0.3 is 5.97 Å². The second kappa shape index (κ2) is 10.6. The highest BCUT2D eigenvalue weighted by Gasteiger charge is 2.41. The lowest BCUT2D eigenvalue weighted by atomic mass is 9.72. The third-order valence-corrected chi connectivity index (χ3v) is 7.97. The number of ether oxygens (including phenoxy) is 1. The standard InChI is InChI=1S/C25H26N2O5S2/c1-3-33-11-9-32-25(29)22-15(2)26-19-13-17(21-8-5-10-34-21)14-20(28)24(19)23(22)16-6-4-7-18(12-16)27(30)31/h4-8,10,12,17,23,26H,3,9,11,13-14H2,1-2H3/t17-,23-/m0/s1. The Labute approximate surface area is 206 Å². The normalized spacial score (nSPS) is 20.1. The lowest BCUT2D eigenvalue weighted by molar-refractivity contribution is -0.384. The Morgan fingerprint density at radius 3 is 2.82 bits per heavy atom. The lowest BCUT2D eigenvalue weighted by Gasteiger charge is -2.36.